The van der Waals surface area contributed by atoms with Crippen LogP contribution in [0.25, 0.3) is 0 Å². The van der Waals surface area contributed by atoms with Crippen LogP contribution in [0, 0.1) is 0 Å². The van der Waals surface area contributed by atoms with Crippen molar-refractivity contribution in [1.82, 2.24) is 19.8 Å². The number of hydrogen-bond donors (Lipinski definition) is 1. The lowest BCUT2D eigenvalue weighted by molar-refractivity contribution is 0.109. The number of likely N-dealkylation sites (N-methyl/N-ethyl adjacent to an activating group) is 2. The Morgan fingerprint density at radius 2 is 2.00 bits per heavy atom. The summed E-state index contributed by atoms with van der Waals surface area (Å²) in [6, 6.07) is 0.316. The molecular weight excluding hydrogens is 238 g/mol. The average Bonchev–Trinajstić information content (AvgIpc) is 2.88. The van der Waals surface area contributed by atoms with E-state index in [1.54, 1.807) is 0 Å². The summed E-state index contributed by atoms with van der Waals surface area (Å²) in [7, 11) is 6.31. The summed E-state index contributed by atoms with van der Waals surface area (Å²) in [6.07, 6.45) is 3.43. The van der Waals surface area contributed by atoms with Crippen molar-refractivity contribution in [3.63, 3.8) is 0 Å². The largest absolute Gasteiger partial charge is 0.373 e. The van der Waals surface area contributed by atoms with Crippen molar-refractivity contribution in [2.75, 3.05) is 46.1 Å². The minimum Gasteiger partial charge on any atom is -0.373 e. The molecule has 104 valence electrons. The number of hydrogen-bond acceptors (Lipinski definition) is 5. The van der Waals surface area contributed by atoms with Crippen molar-refractivity contribution < 1.29 is 0 Å². The van der Waals surface area contributed by atoms with Gasteiger partial charge in [0.05, 0.1) is 6.04 Å². The number of aromatic nitrogens is 2. The quantitative estimate of drug-likeness (QED) is 0.858. The van der Waals surface area contributed by atoms with Crippen molar-refractivity contribution in [3.05, 3.63) is 17.1 Å². The molecule has 1 N–H and O–H groups in total. The van der Waals surface area contributed by atoms with E-state index in [1.165, 1.54) is 17.7 Å². The van der Waals surface area contributed by atoms with Crippen molar-refractivity contribution in [2.45, 2.75) is 25.3 Å². The summed E-state index contributed by atoms with van der Waals surface area (Å²) < 4.78 is 0. The van der Waals surface area contributed by atoms with Crippen LogP contribution in [0.5, 0.6) is 0 Å². The van der Waals surface area contributed by atoms with Gasteiger partial charge >= 0.3 is 0 Å². The highest BCUT2D eigenvalue weighted by Gasteiger charge is 2.28. The first kappa shape index (κ1) is 12.8. The lowest BCUT2D eigenvalue weighted by atomic mass is 10.1. The van der Waals surface area contributed by atoms with Gasteiger partial charge in [-0.1, -0.05) is 0 Å². The topological polar surface area (TPSA) is 44.3 Å². The smallest absolute Gasteiger partial charge is 0.149 e. The van der Waals surface area contributed by atoms with Crippen molar-refractivity contribution in [1.29, 1.82) is 0 Å². The van der Waals surface area contributed by atoms with Gasteiger partial charge in [-0.05, 0) is 33.4 Å². The SMILES string of the molecule is CNc1nc(C2CN(C)CCN2C)nc2c1CCC2. The normalized spacial score (nSPS) is 24.5. The van der Waals surface area contributed by atoms with Crippen LogP contribution in [0.4, 0.5) is 5.82 Å². The lowest BCUT2D eigenvalue weighted by Gasteiger charge is -2.36. The van der Waals surface area contributed by atoms with E-state index in [0.29, 0.717) is 6.04 Å². The van der Waals surface area contributed by atoms with Crippen molar-refractivity contribution in [3.8, 4) is 0 Å². The zero-order chi connectivity index (χ0) is 13.4. The van der Waals surface area contributed by atoms with E-state index in [-0.39, 0.29) is 0 Å². The zero-order valence-electron chi connectivity index (χ0n) is 12.1. The fourth-order valence-electron chi connectivity index (χ4n) is 3.10. The summed E-state index contributed by atoms with van der Waals surface area (Å²) in [5, 5.41) is 3.25. The van der Waals surface area contributed by atoms with Crippen LogP contribution < -0.4 is 5.32 Å². The molecule has 1 aromatic heterocycles. The van der Waals surface area contributed by atoms with Gasteiger partial charge in [-0.3, -0.25) is 4.90 Å². The Hall–Kier alpha value is -1.20. The molecular formula is C14H23N5. The average molecular weight is 261 g/mol. The van der Waals surface area contributed by atoms with Gasteiger partial charge in [0.15, 0.2) is 0 Å². The first-order chi connectivity index (χ1) is 9.19. The predicted molar refractivity (Wildman–Crippen MR) is 76.5 cm³/mol. The maximum atomic E-state index is 4.85. The van der Waals surface area contributed by atoms with E-state index in [9.17, 15) is 0 Å². The molecule has 3 rings (SSSR count). The van der Waals surface area contributed by atoms with E-state index in [1.807, 2.05) is 7.05 Å². The van der Waals surface area contributed by atoms with Gasteiger partial charge < -0.3 is 10.2 Å². The number of anilines is 1. The molecule has 1 unspecified atom stereocenters. The monoisotopic (exact) mass is 261 g/mol. The Morgan fingerprint density at radius 3 is 2.79 bits per heavy atom. The molecule has 0 radical (unpaired) electrons. The van der Waals surface area contributed by atoms with Gasteiger partial charge in [-0.2, -0.15) is 0 Å². The molecule has 0 saturated carbocycles. The van der Waals surface area contributed by atoms with Crippen LogP contribution in [0.3, 0.4) is 0 Å². The summed E-state index contributed by atoms with van der Waals surface area (Å²) >= 11 is 0. The third kappa shape index (κ3) is 2.32. The van der Waals surface area contributed by atoms with E-state index in [2.05, 4.69) is 29.2 Å². The molecule has 0 spiro atoms. The number of nitrogens with one attached hydrogen (secondary N) is 1. The second-order valence-electron chi connectivity index (χ2n) is 5.72. The van der Waals surface area contributed by atoms with E-state index < -0.39 is 0 Å². The van der Waals surface area contributed by atoms with Crippen molar-refractivity contribution in [2.24, 2.45) is 0 Å². The molecule has 2 heterocycles. The van der Waals surface area contributed by atoms with E-state index in [4.69, 9.17) is 9.97 Å². The van der Waals surface area contributed by atoms with Crippen LogP contribution in [0.2, 0.25) is 0 Å². The van der Waals surface area contributed by atoms with E-state index in [0.717, 1.165) is 44.1 Å². The molecule has 1 fully saturated rings. The number of rotatable bonds is 2. The highest BCUT2D eigenvalue weighted by atomic mass is 15.3. The van der Waals surface area contributed by atoms with Crippen LogP contribution in [-0.4, -0.2) is 60.5 Å². The highest BCUT2D eigenvalue weighted by Crippen LogP contribution is 2.29. The van der Waals surface area contributed by atoms with Gasteiger partial charge in [0, 0.05) is 37.9 Å². The van der Waals surface area contributed by atoms with Gasteiger partial charge in [0.2, 0.25) is 0 Å². The van der Waals surface area contributed by atoms with Crippen LogP contribution in [0.1, 0.15) is 29.5 Å². The standard InChI is InChI=1S/C14H23N5/c1-15-13-10-5-4-6-11(10)16-14(17-13)12-9-18(2)7-8-19(12)3/h12H,4-9H2,1-3H3,(H,15,16,17). The van der Waals surface area contributed by atoms with E-state index >= 15 is 0 Å². The summed E-state index contributed by atoms with van der Waals surface area (Å²) in [5.74, 6) is 2.03. The molecule has 2 aliphatic rings. The minimum absolute atomic E-state index is 0.316. The molecule has 5 nitrogen and oxygen atoms in total. The summed E-state index contributed by atoms with van der Waals surface area (Å²) in [4.78, 5) is 14.4. The molecule has 1 aliphatic heterocycles. The molecule has 1 aromatic rings. The fourth-order valence-corrected chi connectivity index (χ4v) is 3.10. The van der Waals surface area contributed by atoms with Crippen LogP contribution in [0.15, 0.2) is 0 Å². The number of nitrogens with zero attached hydrogens (tertiary/aromatic N) is 4. The summed E-state index contributed by atoms with van der Waals surface area (Å²) in [5.41, 5.74) is 2.59. The van der Waals surface area contributed by atoms with Crippen LogP contribution in [-0.2, 0) is 12.8 Å². The Kier molecular flexibility index (Phi) is 3.41. The van der Waals surface area contributed by atoms with Gasteiger partial charge in [0.25, 0.3) is 0 Å². The number of fused-ring (bicyclic) bond motifs is 1. The Labute approximate surface area is 115 Å². The molecule has 0 amide bonds. The molecule has 5 heteroatoms. The fraction of sp³-hybridized carbons (Fsp3) is 0.714. The highest BCUT2D eigenvalue weighted by molar-refractivity contribution is 5.48. The third-order valence-corrected chi connectivity index (χ3v) is 4.34. The maximum Gasteiger partial charge on any atom is 0.149 e. The second-order valence-corrected chi connectivity index (χ2v) is 5.72. The number of piperazine rings is 1. The van der Waals surface area contributed by atoms with Crippen LogP contribution >= 0.6 is 0 Å². The molecule has 1 aliphatic carbocycles. The van der Waals surface area contributed by atoms with Gasteiger partial charge in [0.1, 0.15) is 11.6 Å². The molecule has 0 aromatic carbocycles. The molecule has 1 atom stereocenters. The first-order valence-corrected chi connectivity index (χ1v) is 7.15. The first-order valence-electron chi connectivity index (χ1n) is 7.15. The second kappa shape index (κ2) is 5.06. The minimum atomic E-state index is 0.316. The Balaban J connectivity index is 1.96. The Bertz CT molecular complexity index is 473. The molecule has 0 bridgehead atoms. The van der Waals surface area contributed by atoms with Crippen molar-refractivity contribution >= 4 is 5.82 Å². The Morgan fingerprint density at radius 1 is 1.16 bits per heavy atom. The maximum absolute atomic E-state index is 4.85. The lowest BCUT2D eigenvalue weighted by Crippen LogP contribution is -2.45. The number of aryl methyl sites for hydroxylation is 1. The van der Waals surface area contributed by atoms with Gasteiger partial charge in [-0.25, -0.2) is 9.97 Å². The zero-order valence-corrected chi connectivity index (χ0v) is 12.1. The molecule has 19 heavy (non-hydrogen) atoms. The third-order valence-electron chi connectivity index (χ3n) is 4.34. The molecule has 1 saturated heterocycles. The van der Waals surface area contributed by atoms with Gasteiger partial charge in [-0.15, -0.1) is 0 Å². The summed E-state index contributed by atoms with van der Waals surface area (Å²) in [6.45, 7) is 3.21. The predicted octanol–water partition coefficient (Wildman–Crippen LogP) is 0.925.